The first-order valence-corrected chi connectivity index (χ1v) is 12.0. The zero-order valence-electron chi connectivity index (χ0n) is 21.2. The quantitative estimate of drug-likeness (QED) is 0.443. The Bertz CT molecular complexity index is 1290. The second-order valence-corrected chi connectivity index (χ2v) is 10.3. The van der Waals surface area contributed by atoms with Crippen LogP contribution in [-0.4, -0.2) is 34.7 Å². The van der Waals surface area contributed by atoms with Gasteiger partial charge >= 0.3 is 0 Å². The number of amides is 3. The molecule has 0 saturated heterocycles. The van der Waals surface area contributed by atoms with Crippen LogP contribution >= 0.6 is 11.5 Å². The van der Waals surface area contributed by atoms with Crippen molar-refractivity contribution in [3.05, 3.63) is 69.7 Å². The molecule has 0 bridgehead atoms. The Labute approximate surface area is 214 Å². The van der Waals surface area contributed by atoms with Gasteiger partial charge in [0.25, 0.3) is 11.8 Å². The monoisotopic (exact) mass is 509 g/mol. The summed E-state index contributed by atoms with van der Waals surface area (Å²) >= 11 is 0.769. The van der Waals surface area contributed by atoms with Gasteiger partial charge in [0.1, 0.15) is 16.7 Å². The lowest BCUT2D eigenvalue weighted by atomic mass is 9.99. The molecule has 3 aromatic rings. The van der Waals surface area contributed by atoms with Crippen LogP contribution in [0.4, 0.5) is 11.4 Å². The normalized spacial score (nSPS) is 12.1. The molecule has 0 spiro atoms. The van der Waals surface area contributed by atoms with Crippen LogP contribution in [0.3, 0.4) is 0 Å². The van der Waals surface area contributed by atoms with E-state index in [0.717, 1.165) is 22.7 Å². The van der Waals surface area contributed by atoms with E-state index >= 15 is 0 Å². The number of nitrogens with one attached hydrogen (secondary N) is 1. The zero-order valence-corrected chi connectivity index (χ0v) is 22.0. The molecule has 3 amide bonds. The Morgan fingerprint density at radius 1 is 1.08 bits per heavy atom. The minimum absolute atomic E-state index is 0.0193. The standard InChI is InChI=1S/C26H31N5O4S/c1-14-7-12-18(15(2)13-14)31(25(34)22-19(27)20(23(28)32)30-36-22)21(24(33)29-26(3,4)5)16-8-10-17(35-6)11-9-16/h7-13,21H,27H2,1-6H3,(H2,28,32)(H,29,33)/t21-/m0/s1. The molecule has 1 atom stereocenters. The number of ether oxygens (including phenoxy) is 1. The maximum absolute atomic E-state index is 14.1. The Morgan fingerprint density at radius 3 is 2.22 bits per heavy atom. The number of hydrogen-bond donors (Lipinski definition) is 3. The van der Waals surface area contributed by atoms with Gasteiger partial charge in [-0.25, -0.2) is 0 Å². The molecule has 2 aromatic carbocycles. The first-order valence-electron chi connectivity index (χ1n) is 11.3. The summed E-state index contributed by atoms with van der Waals surface area (Å²) in [6, 6.07) is 11.4. The predicted octanol–water partition coefficient (Wildman–Crippen LogP) is 3.75. The molecule has 5 N–H and O–H groups in total. The van der Waals surface area contributed by atoms with Gasteiger partial charge in [-0.05, 0) is 75.5 Å². The van der Waals surface area contributed by atoms with Crippen LogP contribution in [0, 0.1) is 13.8 Å². The summed E-state index contributed by atoms with van der Waals surface area (Å²) in [5.74, 6) is -1.19. The number of nitrogens with zero attached hydrogens (tertiary/aromatic N) is 2. The number of nitrogens with two attached hydrogens (primary N) is 2. The number of hydrogen-bond acceptors (Lipinski definition) is 7. The number of anilines is 2. The van der Waals surface area contributed by atoms with Crippen LogP contribution in [-0.2, 0) is 4.79 Å². The van der Waals surface area contributed by atoms with Gasteiger partial charge in [-0.3, -0.25) is 19.3 Å². The molecule has 0 aliphatic heterocycles. The van der Waals surface area contributed by atoms with Gasteiger partial charge < -0.3 is 21.5 Å². The van der Waals surface area contributed by atoms with Crippen LogP contribution in [0.5, 0.6) is 5.75 Å². The molecule has 10 heteroatoms. The van der Waals surface area contributed by atoms with E-state index in [4.69, 9.17) is 16.2 Å². The maximum Gasteiger partial charge on any atom is 0.273 e. The Morgan fingerprint density at radius 2 is 1.72 bits per heavy atom. The summed E-state index contributed by atoms with van der Waals surface area (Å²) in [6.07, 6.45) is 0. The van der Waals surface area contributed by atoms with Crippen molar-refractivity contribution in [3.63, 3.8) is 0 Å². The predicted molar refractivity (Wildman–Crippen MR) is 141 cm³/mol. The summed E-state index contributed by atoms with van der Waals surface area (Å²) in [7, 11) is 1.55. The number of nitrogen functional groups attached to an aromatic ring is 1. The van der Waals surface area contributed by atoms with Crippen LogP contribution in [0.25, 0.3) is 0 Å². The number of primary amides is 1. The maximum atomic E-state index is 14.1. The molecule has 9 nitrogen and oxygen atoms in total. The van der Waals surface area contributed by atoms with Crippen LogP contribution in [0.2, 0.25) is 0 Å². The minimum atomic E-state index is -1.07. The first kappa shape index (κ1) is 26.7. The number of carbonyl (C=O) groups excluding carboxylic acids is 3. The smallest absolute Gasteiger partial charge is 0.273 e. The van der Waals surface area contributed by atoms with E-state index in [0.29, 0.717) is 17.0 Å². The summed E-state index contributed by atoms with van der Waals surface area (Å²) in [4.78, 5) is 41.1. The number of rotatable bonds is 7. The molecule has 0 saturated carbocycles. The largest absolute Gasteiger partial charge is 0.497 e. The van der Waals surface area contributed by atoms with Crippen molar-refractivity contribution in [1.82, 2.24) is 9.69 Å². The lowest BCUT2D eigenvalue weighted by Gasteiger charge is -2.34. The number of benzene rings is 2. The van der Waals surface area contributed by atoms with E-state index in [1.807, 2.05) is 46.8 Å². The molecule has 190 valence electrons. The van der Waals surface area contributed by atoms with Crippen LogP contribution in [0.1, 0.15) is 63.7 Å². The summed E-state index contributed by atoms with van der Waals surface area (Å²) < 4.78 is 9.26. The van der Waals surface area contributed by atoms with E-state index in [1.165, 1.54) is 4.90 Å². The van der Waals surface area contributed by atoms with E-state index in [-0.39, 0.29) is 22.2 Å². The number of aryl methyl sites for hydroxylation is 2. The fourth-order valence-corrected chi connectivity index (χ4v) is 4.56. The molecule has 1 aromatic heterocycles. The van der Waals surface area contributed by atoms with Crippen molar-refractivity contribution in [3.8, 4) is 5.75 Å². The molecule has 0 aliphatic carbocycles. The van der Waals surface area contributed by atoms with Crippen LogP contribution in [0.15, 0.2) is 42.5 Å². The van der Waals surface area contributed by atoms with Gasteiger partial charge in [-0.15, -0.1) is 0 Å². The fourth-order valence-electron chi connectivity index (χ4n) is 3.82. The minimum Gasteiger partial charge on any atom is -0.497 e. The third-order valence-electron chi connectivity index (χ3n) is 5.42. The molecule has 3 rings (SSSR count). The number of aromatic nitrogens is 1. The first-order chi connectivity index (χ1) is 16.8. The van der Waals surface area contributed by atoms with Gasteiger partial charge in [0.2, 0.25) is 5.91 Å². The van der Waals surface area contributed by atoms with Crippen molar-refractivity contribution in [2.75, 3.05) is 17.7 Å². The van der Waals surface area contributed by atoms with E-state index in [9.17, 15) is 14.4 Å². The van der Waals surface area contributed by atoms with E-state index in [2.05, 4.69) is 9.69 Å². The second-order valence-electron chi connectivity index (χ2n) is 9.52. The molecular weight excluding hydrogens is 478 g/mol. The van der Waals surface area contributed by atoms with Crippen molar-refractivity contribution in [2.24, 2.45) is 5.73 Å². The lowest BCUT2D eigenvalue weighted by Crippen LogP contribution is -2.49. The average molecular weight is 510 g/mol. The van der Waals surface area contributed by atoms with E-state index in [1.54, 1.807) is 37.4 Å². The van der Waals surface area contributed by atoms with Gasteiger partial charge in [0.15, 0.2) is 5.69 Å². The van der Waals surface area contributed by atoms with Crippen molar-refractivity contribution >= 4 is 40.6 Å². The molecule has 0 fully saturated rings. The van der Waals surface area contributed by atoms with Crippen molar-refractivity contribution < 1.29 is 19.1 Å². The highest BCUT2D eigenvalue weighted by atomic mass is 32.1. The lowest BCUT2D eigenvalue weighted by molar-refractivity contribution is -0.123. The van der Waals surface area contributed by atoms with E-state index < -0.39 is 23.4 Å². The average Bonchev–Trinajstić information content (AvgIpc) is 3.18. The SMILES string of the molecule is COc1ccc([C@@H](C(=O)NC(C)(C)C)N(C(=O)c2snc(C(N)=O)c2N)c2ccc(C)cc2C)cc1. The highest BCUT2D eigenvalue weighted by molar-refractivity contribution is 7.09. The highest BCUT2D eigenvalue weighted by Gasteiger charge is 2.37. The Balaban J connectivity index is 2.27. The molecule has 36 heavy (non-hydrogen) atoms. The van der Waals surface area contributed by atoms with Gasteiger partial charge in [0.05, 0.1) is 12.8 Å². The van der Waals surface area contributed by atoms with Crippen molar-refractivity contribution in [2.45, 2.75) is 46.2 Å². The topological polar surface area (TPSA) is 141 Å². The fraction of sp³-hybridized carbons (Fsp3) is 0.308. The van der Waals surface area contributed by atoms with Crippen molar-refractivity contribution in [1.29, 1.82) is 0 Å². The molecule has 1 heterocycles. The van der Waals surface area contributed by atoms with Gasteiger partial charge in [0, 0.05) is 11.2 Å². The van der Waals surface area contributed by atoms with Crippen LogP contribution < -0.4 is 26.4 Å². The Hall–Kier alpha value is -3.92. The summed E-state index contributed by atoms with van der Waals surface area (Å²) in [5, 5.41) is 2.99. The highest BCUT2D eigenvalue weighted by Crippen LogP contribution is 2.35. The molecule has 0 aliphatic rings. The number of carbonyl (C=O) groups is 3. The Kier molecular flexibility index (Phi) is 7.68. The number of methoxy groups -OCH3 is 1. The molecular formula is C26H31N5O4S. The third-order valence-corrected chi connectivity index (χ3v) is 6.27. The molecule has 0 radical (unpaired) electrons. The molecule has 0 unspecified atom stereocenters. The second kappa shape index (κ2) is 10.4. The summed E-state index contributed by atoms with van der Waals surface area (Å²) in [5.41, 5.74) is 13.5. The van der Waals surface area contributed by atoms with Gasteiger partial charge in [-0.2, -0.15) is 4.37 Å². The summed E-state index contributed by atoms with van der Waals surface area (Å²) in [6.45, 7) is 9.38. The van der Waals surface area contributed by atoms with Gasteiger partial charge in [-0.1, -0.05) is 29.8 Å². The zero-order chi connectivity index (χ0) is 26.8. The third kappa shape index (κ3) is 5.65.